The number of rotatable bonds is 5. The summed E-state index contributed by atoms with van der Waals surface area (Å²) in [7, 11) is 0. The molecule has 0 atom stereocenters. The molecule has 3 aromatic rings. The number of hydrogen-bond acceptors (Lipinski definition) is 5. The number of benzene rings is 2. The number of ether oxygens (including phenoxy) is 1. The van der Waals surface area contributed by atoms with Gasteiger partial charge in [-0.25, -0.2) is 9.18 Å². The van der Waals surface area contributed by atoms with Gasteiger partial charge in [0.05, 0.1) is 26.3 Å². The second-order valence-electron chi connectivity index (χ2n) is 5.78. The van der Waals surface area contributed by atoms with E-state index in [1.54, 1.807) is 18.2 Å². The molecule has 0 saturated carbocycles. The zero-order valence-corrected chi connectivity index (χ0v) is 17.0. The lowest BCUT2D eigenvalue weighted by molar-refractivity contribution is -0.119. The van der Waals surface area contributed by atoms with Crippen molar-refractivity contribution in [2.75, 3.05) is 11.9 Å². The van der Waals surface area contributed by atoms with Gasteiger partial charge in [0.25, 0.3) is 5.91 Å². The van der Waals surface area contributed by atoms with Gasteiger partial charge in [-0.1, -0.05) is 52.1 Å². The number of nitrogens with one attached hydrogen (secondary N) is 1. The minimum absolute atomic E-state index is 0.0402. The Hall–Kier alpha value is -2.61. The summed E-state index contributed by atoms with van der Waals surface area (Å²) in [6.45, 7) is 0.806. The fraction of sp³-hybridized carbons (Fsp3) is 0.105. The summed E-state index contributed by atoms with van der Waals surface area (Å²) in [6, 6.07) is 8.72. The minimum Gasteiger partial charge on any atom is -0.452 e. The molecule has 6 nitrogen and oxygen atoms in total. The number of carbonyl (C=O) groups excluding carboxylic acids is 2. The maximum absolute atomic E-state index is 14.2. The molecule has 1 amide bonds. The Morgan fingerprint density at radius 2 is 1.72 bits per heavy atom. The topological polar surface area (TPSA) is 81.4 Å². The average molecular weight is 458 g/mol. The van der Waals surface area contributed by atoms with E-state index in [0.29, 0.717) is 0 Å². The number of nitrogens with zero attached hydrogens (tertiary/aromatic N) is 1. The molecule has 0 fully saturated rings. The highest BCUT2D eigenvalue weighted by Crippen LogP contribution is 2.34. The SMILES string of the molecule is Cc1onc(-c2c(F)cccc2Cl)c1C(=O)OCC(=O)Nc1c(Cl)cccc1Cl. The second-order valence-corrected chi connectivity index (χ2v) is 7.00. The molecule has 1 aromatic heterocycles. The lowest BCUT2D eigenvalue weighted by Gasteiger charge is -2.10. The number of para-hydroxylation sites is 1. The summed E-state index contributed by atoms with van der Waals surface area (Å²) < 4.78 is 24.2. The maximum atomic E-state index is 14.2. The van der Waals surface area contributed by atoms with Gasteiger partial charge in [0.2, 0.25) is 0 Å². The molecule has 0 saturated heterocycles. The Bertz CT molecular complexity index is 1060. The third-order valence-electron chi connectivity index (χ3n) is 3.83. The van der Waals surface area contributed by atoms with Crippen molar-refractivity contribution in [2.24, 2.45) is 0 Å². The zero-order valence-electron chi connectivity index (χ0n) is 14.8. The normalized spacial score (nSPS) is 10.7. The summed E-state index contributed by atoms with van der Waals surface area (Å²) in [5.41, 5.74) is -0.173. The van der Waals surface area contributed by atoms with Crippen molar-refractivity contribution in [1.82, 2.24) is 5.16 Å². The summed E-state index contributed by atoms with van der Waals surface area (Å²) in [6.07, 6.45) is 0. The third kappa shape index (κ3) is 4.53. The fourth-order valence-electron chi connectivity index (χ4n) is 2.50. The first-order chi connectivity index (χ1) is 13.8. The standard InChI is InChI=1S/C19H12Cl3FN2O4/c1-9-15(18(25-29-9)16-10(20)4-3-7-13(16)23)19(27)28-8-14(26)24-17-11(21)5-2-6-12(17)22/h2-7H,8H2,1H3,(H,24,26). The van der Waals surface area contributed by atoms with Gasteiger partial charge in [0.15, 0.2) is 6.61 Å². The van der Waals surface area contributed by atoms with Crippen molar-refractivity contribution < 1.29 is 23.2 Å². The molecule has 0 unspecified atom stereocenters. The van der Waals surface area contributed by atoms with Crippen molar-refractivity contribution >= 4 is 52.4 Å². The molecule has 0 radical (unpaired) electrons. The van der Waals surface area contributed by atoms with Crippen LogP contribution in [0.1, 0.15) is 16.1 Å². The molecule has 0 bridgehead atoms. The summed E-state index contributed by atoms with van der Waals surface area (Å²) in [5.74, 6) is -2.21. The van der Waals surface area contributed by atoms with E-state index < -0.39 is 24.3 Å². The summed E-state index contributed by atoms with van der Waals surface area (Å²) in [4.78, 5) is 24.6. The van der Waals surface area contributed by atoms with Crippen LogP contribution in [0.4, 0.5) is 10.1 Å². The van der Waals surface area contributed by atoms with Crippen LogP contribution in [0.5, 0.6) is 0 Å². The Balaban J connectivity index is 1.77. The van der Waals surface area contributed by atoms with Crippen molar-refractivity contribution in [2.45, 2.75) is 6.92 Å². The number of hydrogen-bond donors (Lipinski definition) is 1. The number of anilines is 1. The number of halogens is 4. The molecule has 1 heterocycles. The van der Waals surface area contributed by atoms with Gasteiger partial charge < -0.3 is 14.6 Å². The van der Waals surface area contributed by atoms with E-state index >= 15 is 0 Å². The van der Waals surface area contributed by atoms with E-state index in [0.717, 1.165) is 0 Å². The largest absolute Gasteiger partial charge is 0.452 e. The lowest BCUT2D eigenvalue weighted by atomic mass is 10.1. The van der Waals surface area contributed by atoms with Crippen LogP contribution >= 0.6 is 34.8 Å². The predicted molar refractivity (Wildman–Crippen MR) is 107 cm³/mol. The van der Waals surface area contributed by atoms with Crippen molar-refractivity contribution in [3.05, 3.63) is 68.6 Å². The van der Waals surface area contributed by atoms with Gasteiger partial charge in [-0.2, -0.15) is 0 Å². The summed E-state index contributed by atoms with van der Waals surface area (Å²) >= 11 is 18.0. The quantitative estimate of drug-likeness (QED) is 0.508. The number of esters is 1. The van der Waals surface area contributed by atoms with E-state index in [9.17, 15) is 14.0 Å². The molecular formula is C19H12Cl3FN2O4. The molecule has 0 aliphatic heterocycles. The third-order valence-corrected chi connectivity index (χ3v) is 4.77. The molecule has 150 valence electrons. The first-order valence-electron chi connectivity index (χ1n) is 8.11. The van der Waals surface area contributed by atoms with Crippen LogP contribution < -0.4 is 5.32 Å². The van der Waals surface area contributed by atoms with Crippen LogP contribution in [0.15, 0.2) is 40.9 Å². The van der Waals surface area contributed by atoms with E-state index in [-0.39, 0.29) is 43.3 Å². The second kappa shape index (κ2) is 8.82. The van der Waals surface area contributed by atoms with Gasteiger partial charge >= 0.3 is 5.97 Å². The average Bonchev–Trinajstić information content (AvgIpc) is 3.04. The van der Waals surface area contributed by atoms with Gasteiger partial charge in [0, 0.05) is 0 Å². The number of carbonyl (C=O) groups is 2. The van der Waals surface area contributed by atoms with Gasteiger partial charge in [-0.3, -0.25) is 4.79 Å². The highest BCUT2D eigenvalue weighted by molar-refractivity contribution is 6.39. The fourth-order valence-corrected chi connectivity index (χ4v) is 3.25. The molecule has 0 aliphatic rings. The van der Waals surface area contributed by atoms with Crippen LogP contribution in [0, 0.1) is 12.7 Å². The Labute approximate surface area is 179 Å². The molecular weight excluding hydrogens is 446 g/mol. The molecule has 10 heteroatoms. The first kappa shape index (κ1) is 21.1. The van der Waals surface area contributed by atoms with Crippen LogP contribution in [-0.4, -0.2) is 23.6 Å². The number of aryl methyl sites for hydroxylation is 1. The van der Waals surface area contributed by atoms with Crippen LogP contribution in [0.3, 0.4) is 0 Å². The van der Waals surface area contributed by atoms with E-state index in [1.807, 2.05) is 0 Å². The molecule has 2 aromatic carbocycles. The number of amides is 1. The molecule has 1 N–H and O–H groups in total. The molecule has 0 spiro atoms. The highest BCUT2D eigenvalue weighted by Gasteiger charge is 2.27. The molecule has 29 heavy (non-hydrogen) atoms. The Morgan fingerprint density at radius 3 is 2.38 bits per heavy atom. The van der Waals surface area contributed by atoms with E-state index in [2.05, 4.69) is 10.5 Å². The monoisotopic (exact) mass is 456 g/mol. The van der Waals surface area contributed by atoms with Crippen molar-refractivity contribution in [3.63, 3.8) is 0 Å². The smallest absolute Gasteiger partial charge is 0.344 e. The first-order valence-corrected chi connectivity index (χ1v) is 9.24. The Kier molecular flexibility index (Phi) is 6.42. The van der Waals surface area contributed by atoms with Gasteiger partial charge in [-0.15, -0.1) is 0 Å². The van der Waals surface area contributed by atoms with Crippen molar-refractivity contribution in [1.29, 1.82) is 0 Å². The highest BCUT2D eigenvalue weighted by atomic mass is 35.5. The van der Waals surface area contributed by atoms with Crippen LogP contribution in [0.25, 0.3) is 11.3 Å². The van der Waals surface area contributed by atoms with E-state index in [4.69, 9.17) is 44.1 Å². The molecule has 3 rings (SSSR count). The van der Waals surface area contributed by atoms with Crippen LogP contribution in [0.2, 0.25) is 15.1 Å². The zero-order chi connectivity index (χ0) is 21.1. The Morgan fingerprint density at radius 1 is 1.10 bits per heavy atom. The lowest BCUT2D eigenvalue weighted by Crippen LogP contribution is -2.21. The summed E-state index contributed by atoms with van der Waals surface area (Å²) in [5, 5.41) is 6.66. The minimum atomic E-state index is -0.932. The van der Waals surface area contributed by atoms with E-state index in [1.165, 1.54) is 25.1 Å². The maximum Gasteiger partial charge on any atom is 0.344 e. The molecule has 0 aliphatic carbocycles. The van der Waals surface area contributed by atoms with Crippen molar-refractivity contribution in [3.8, 4) is 11.3 Å². The van der Waals surface area contributed by atoms with Gasteiger partial charge in [0.1, 0.15) is 22.8 Å². The van der Waals surface area contributed by atoms with Gasteiger partial charge in [-0.05, 0) is 31.2 Å². The number of aromatic nitrogens is 1. The van der Waals surface area contributed by atoms with Crippen LogP contribution in [-0.2, 0) is 9.53 Å². The predicted octanol–water partition coefficient (Wildman–Crippen LogP) is 5.54.